The zero-order valence-corrected chi connectivity index (χ0v) is 17.6. The standard InChI is InChI=1S/C24H29ClFNO/c1-17-6-4-9-23(26)22(17)15-24(28)19(7-5-8-20(24)16-27(2)3)14-18-10-12-21(25)13-11-18/h4,6,9-14,20,28H,5,7-8,15-16H2,1-3H3/b19-14+. The molecule has 1 saturated carbocycles. The quantitative estimate of drug-likeness (QED) is 0.714. The molecule has 2 atom stereocenters. The molecule has 0 amide bonds. The molecule has 0 aromatic heterocycles. The van der Waals surface area contributed by atoms with Crippen LogP contribution in [0.1, 0.15) is 36.0 Å². The fraction of sp³-hybridized carbons (Fsp3) is 0.417. The van der Waals surface area contributed by atoms with Gasteiger partial charge >= 0.3 is 0 Å². The molecule has 2 aromatic rings. The van der Waals surface area contributed by atoms with E-state index in [1.807, 2.05) is 51.4 Å². The molecule has 2 aromatic carbocycles. The summed E-state index contributed by atoms with van der Waals surface area (Å²) in [4.78, 5) is 2.11. The number of aliphatic hydroxyl groups is 1. The van der Waals surface area contributed by atoms with E-state index in [-0.39, 0.29) is 11.7 Å². The van der Waals surface area contributed by atoms with Crippen LogP contribution in [-0.2, 0) is 6.42 Å². The number of halogens is 2. The van der Waals surface area contributed by atoms with E-state index in [1.165, 1.54) is 6.07 Å². The summed E-state index contributed by atoms with van der Waals surface area (Å²) < 4.78 is 14.6. The van der Waals surface area contributed by atoms with Crippen molar-refractivity contribution in [1.82, 2.24) is 4.90 Å². The number of aryl methyl sites for hydroxylation is 1. The first-order valence-electron chi connectivity index (χ1n) is 9.87. The Morgan fingerprint density at radius 1 is 1.21 bits per heavy atom. The minimum Gasteiger partial charge on any atom is -0.385 e. The Morgan fingerprint density at radius 2 is 1.93 bits per heavy atom. The average Bonchev–Trinajstić information content (AvgIpc) is 2.63. The maximum Gasteiger partial charge on any atom is 0.126 e. The van der Waals surface area contributed by atoms with Crippen molar-refractivity contribution < 1.29 is 9.50 Å². The molecule has 0 aliphatic heterocycles. The Hall–Kier alpha value is -1.68. The fourth-order valence-corrected chi connectivity index (χ4v) is 4.44. The zero-order valence-electron chi connectivity index (χ0n) is 16.9. The first-order valence-corrected chi connectivity index (χ1v) is 10.2. The molecule has 0 radical (unpaired) electrons. The Labute approximate surface area is 172 Å². The van der Waals surface area contributed by atoms with Gasteiger partial charge in [-0.25, -0.2) is 4.39 Å². The highest BCUT2D eigenvalue weighted by Crippen LogP contribution is 2.42. The molecule has 1 aliphatic rings. The summed E-state index contributed by atoms with van der Waals surface area (Å²) in [6, 6.07) is 12.7. The molecular weight excluding hydrogens is 373 g/mol. The van der Waals surface area contributed by atoms with E-state index in [4.69, 9.17) is 11.6 Å². The van der Waals surface area contributed by atoms with Crippen LogP contribution in [0, 0.1) is 18.7 Å². The van der Waals surface area contributed by atoms with E-state index in [1.54, 1.807) is 6.07 Å². The molecule has 2 nitrogen and oxygen atoms in total. The Bertz CT molecular complexity index is 826. The number of rotatable bonds is 5. The van der Waals surface area contributed by atoms with Crippen LogP contribution in [-0.4, -0.2) is 36.2 Å². The summed E-state index contributed by atoms with van der Waals surface area (Å²) in [5.41, 5.74) is 2.41. The van der Waals surface area contributed by atoms with Gasteiger partial charge in [-0.05, 0) is 80.7 Å². The molecule has 1 fully saturated rings. The van der Waals surface area contributed by atoms with Crippen LogP contribution < -0.4 is 0 Å². The van der Waals surface area contributed by atoms with Crippen molar-refractivity contribution >= 4 is 17.7 Å². The van der Waals surface area contributed by atoms with E-state index < -0.39 is 5.60 Å². The summed E-state index contributed by atoms with van der Waals surface area (Å²) in [5.74, 6) is -0.192. The largest absolute Gasteiger partial charge is 0.385 e. The minimum atomic E-state index is -1.07. The molecule has 150 valence electrons. The monoisotopic (exact) mass is 401 g/mol. The van der Waals surface area contributed by atoms with Crippen LogP contribution in [0.25, 0.3) is 6.08 Å². The van der Waals surface area contributed by atoms with E-state index in [9.17, 15) is 9.50 Å². The van der Waals surface area contributed by atoms with Crippen LogP contribution in [0.3, 0.4) is 0 Å². The van der Waals surface area contributed by atoms with Gasteiger partial charge in [-0.1, -0.05) is 41.9 Å². The van der Waals surface area contributed by atoms with Crippen LogP contribution in [0.2, 0.25) is 5.02 Å². The number of hydrogen-bond acceptors (Lipinski definition) is 2. The SMILES string of the molecule is Cc1cccc(F)c1CC1(O)/C(=C/c2ccc(Cl)cc2)CCCC1CN(C)C. The first kappa shape index (κ1) is 21.0. The lowest BCUT2D eigenvalue weighted by Crippen LogP contribution is -2.48. The van der Waals surface area contributed by atoms with Crippen molar-refractivity contribution in [1.29, 1.82) is 0 Å². The van der Waals surface area contributed by atoms with Crippen molar-refractivity contribution in [2.75, 3.05) is 20.6 Å². The predicted octanol–water partition coefficient (Wildman–Crippen LogP) is 5.51. The summed E-state index contributed by atoms with van der Waals surface area (Å²) in [6.45, 7) is 2.68. The topological polar surface area (TPSA) is 23.5 Å². The molecule has 3 rings (SSSR count). The lowest BCUT2D eigenvalue weighted by atomic mass is 9.68. The molecule has 1 N–H and O–H groups in total. The van der Waals surface area contributed by atoms with Gasteiger partial charge in [0.25, 0.3) is 0 Å². The second-order valence-electron chi connectivity index (χ2n) is 8.21. The van der Waals surface area contributed by atoms with Crippen LogP contribution in [0.5, 0.6) is 0 Å². The van der Waals surface area contributed by atoms with E-state index in [2.05, 4.69) is 11.0 Å². The lowest BCUT2D eigenvalue weighted by molar-refractivity contribution is -0.0130. The van der Waals surface area contributed by atoms with Crippen LogP contribution in [0.15, 0.2) is 48.0 Å². The highest BCUT2D eigenvalue weighted by molar-refractivity contribution is 6.30. The fourth-order valence-electron chi connectivity index (χ4n) is 4.31. The molecule has 0 spiro atoms. The normalized spacial score (nSPS) is 24.1. The third-order valence-electron chi connectivity index (χ3n) is 5.83. The molecule has 0 heterocycles. The molecule has 1 aliphatic carbocycles. The summed E-state index contributed by atoms with van der Waals surface area (Å²) >= 11 is 6.02. The van der Waals surface area contributed by atoms with Crippen LogP contribution in [0.4, 0.5) is 4.39 Å². The van der Waals surface area contributed by atoms with Crippen molar-refractivity contribution in [3.05, 3.63) is 75.6 Å². The van der Waals surface area contributed by atoms with E-state index in [0.717, 1.165) is 42.5 Å². The van der Waals surface area contributed by atoms with Crippen molar-refractivity contribution in [3.63, 3.8) is 0 Å². The second kappa shape index (κ2) is 8.77. The number of hydrogen-bond donors (Lipinski definition) is 1. The smallest absolute Gasteiger partial charge is 0.126 e. The van der Waals surface area contributed by atoms with Crippen molar-refractivity contribution in [2.45, 2.75) is 38.2 Å². The van der Waals surface area contributed by atoms with E-state index >= 15 is 0 Å². The first-order chi connectivity index (χ1) is 13.3. The Morgan fingerprint density at radius 3 is 2.57 bits per heavy atom. The van der Waals surface area contributed by atoms with E-state index in [0.29, 0.717) is 17.0 Å². The highest BCUT2D eigenvalue weighted by Gasteiger charge is 2.43. The lowest BCUT2D eigenvalue weighted by Gasteiger charge is -2.44. The van der Waals surface area contributed by atoms with Gasteiger partial charge < -0.3 is 10.0 Å². The molecule has 0 saturated heterocycles. The minimum absolute atomic E-state index is 0.0498. The third kappa shape index (κ3) is 4.65. The Kier molecular flexibility index (Phi) is 6.59. The van der Waals surface area contributed by atoms with Gasteiger partial charge in [-0.2, -0.15) is 0 Å². The summed E-state index contributed by atoms with van der Waals surface area (Å²) in [5, 5.41) is 12.7. The van der Waals surface area contributed by atoms with Crippen LogP contribution >= 0.6 is 11.6 Å². The second-order valence-corrected chi connectivity index (χ2v) is 8.65. The van der Waals surface area contributed by atoms with Gasteiger partial charge in [-0.3, -0.25) is 0 Å². The highest BCUT2D eigenvalue weighted by atomic mass is 35.5. The van der Waals surface area contributed by atoms with Gasteiger partial charge in [0.2, 0.25) is 0 Å². The van der Waals surface area contributed by atoms with Gasteiger partial charge in [0, 0.05) is 23.9 Å². The maximum absolute atomic E-state index is 14.6. The Balaban J connectivity index is 2.04. The molecule has 4 heteroatoms. The molecule has 2 unspecified atom stereocenters. The maximum atomic E-state index is 14.6. The van der Waals surface area contributed by atoms with Gasteiger partial charge in [0.1, 0.15) is 5.82 Å². The van der Waals surface area contributed by atoms with Crippen molar-refractivity contribution in [2.24, 2.45) is 5.92 Å². The third-order valence-corrected chi connectivity index (χ3v) is 6.08. The number of benzene rings is 2. The predicted molar refractivity (Wildman–Crippen MR) is 115 cm³/mol. The van der Waals surface area contributed by atoms with Crippen molar-refractivity contribution in [3.8, 4) is 0 Å². The molecule has 28 heavy (non-hydrogen) atoms. The van der Waals surface area contributed by atoms with Gasteiger partial charge in [0.15, 0.2) is 0 Å². The zero-order chi connectivity index (χ0) is 20.3. The average molecular weight is 402 g/mol. The van der Waals surface area contributed by atoms with Gasteiger partial charge in [0.05, 0.1) is 5.60 Å². The summed E-state index contributed by atoms with van der Waals surface area (Å²) in [7, 11) is 4.04. The summed E-state index contributed by atoms with van der Waals surface area (Å²) in [6.07, 6.45) is 5.13. The molecular formula is C24H29ClFNO. The number of nitrogens with zero attached hydrogens (tertiary/aromatic N) is 1. The van der Waals surface area contributed by atoms with Gasteiger partial charge in [-0.15, -0.1) is 0 Å². The molecule has 0 bridgehead atoms.